The first kappa shape index (κ1) is 26.6. The zero-order chi connectivity index (χ0) is 25.5. The van der Waals surface area contributed by atoms with Gasteiger partial charge in [-0.05, 0) is 73.2 Å². The highest BCUT2D eigenvalue weighted by Gasteiger charge is 2.41. The molecule has 0 aliphatic heterocycles. The van der Waals surface area contributed by atoms with Gasteiger partial charge in [0.25, 0.3) is 0 Å². The van der Waals surface area contributed by atoms with E-state index in [1.165, 1.54) is 31.2 Å². The second kappa shape index (κ2) is 11.6. The monoisotopic (exact) mass is 496 g/mol. The summed E-state index contributed by atoms with van der Waals surface area (Å²) in [4.78, 5) is 26.6. The van der Waals surface area contributed by atoms with Gasteiger partial charge in [0.15, 0.2) is 11.6 Å². The predicted octanol–water partition coefficient (Wildman–Crippen LogP) is 4.97. The van der Waals surface area contributed by atoms with Gasteiger partial charge in [0, 0.05) is 0 Å². The molecule has 0 spiro atoms. The molecule has 2 aromatic rings. The molecule has 1 saturated carbocycles. The molecule has 2 aromatic carbocycles. The average molecular weight is 497 g/mol. The van der Waals surface area contributed by atoms with Gasteiger partial charge < -0.3 is 9.29 Å². The van der Waals surface area contributed by atoms with Gasteiger partial charge in [0.2, 0.25) is 0 Å². The lowest BCUT2D eigenvalue weighted by atomic mass is 9.68. The van der Waals surface area contributed by atoms with E-state index in [4.69, 9.17) is 4.18 Å². The molecule has 35 heavy (non-hydrogen) atoms. The molecule has 0 aromatic heterocycles. The number of aliphatic hydroxyl groups is 1. The van der Waals surface area contributed by atoms with E-state index in [1.54, 1.807) is 49.4 Å². The second-order valence-electron chi connectivity index (χ2n) is 9.13. The maximum Gasteiger partial charge on any atom is 0.308 e. The van der Waals surface area contributed by atoms with E-state index < -0.39 is 15.5 Å². The van der Waals surface area contributed by atoms with Crippen molar-refractivity contribution in [1.82, 2.24) is 0 Å². The molecule has 1 atom stereocenters. The van der Waals surface area contributed by atoms with Crippen LogP contribution in [0.3, 0.4) is 0 Å². The standard InChI is InChI=1S/C28H32O6S/c1-3-35(32,33)34-25-12-6-8-22(18-25)14-16-27(31)28(2,19-23-9-5-10-23)26(30)15-13-21-7-4-11-24(17-21)20-29/h4,6-8,11-18,23,29H,3,5,9-10,19-20H2,1-2H3/b15-13+,16-14+. The van der Waals surface area contributed by atoms with Crippen LogP contribution in [0.25, 0.3) is 12.2 Å². The lowest BCUT2D eigenvalue weighted by Gasteiger charge is -2.33. The summed E-state index contributed by atoms with van der Waals surface area (Å²) in [5, 5.41) is 9.33. The van der Waals surface area contributed by atoms with Gasteiger partial charge in [-0.2, -0.15) is 8.42 Å². The molecule has 0 amide bonds. The highest BCUT2D eigenvalue weighted by Crippen LogP contribution is 2.39. The van der Waals surface area contributed by atoms with Gasteiger partial charge in [-0.15, -0.1) is 0 Å². The number of rotatable bonds is 12. The fourth-order valence-electron chi connectivity index (χ4n) is 3.98. The van der Waals surface area contributed by atoms with Crippen LogP contribution in [0.1, 0.15) is 56.2 Å². The van der Waals surface area contributed by atoms with Gasteiger partial charge in [0.05, 0.1) is 17.8 Å². The quantitative estimate of drug-likeness (QED) is 0.253. The van der Waals surface area contributed by atoms with Crippen LogP contribution in [-0.2, 0) is 26.3 Å². The minimum Gasteiger partial charge on any atom is -0.392 e. The van der Waals surface area contributed by atoms with E-state index in [1.807, 2.05) is 6.07 Å². The Balaban J connectivity index is 1.80. The molecule has 1 aliphatic rings. The Labute approximate surface area is 207 Å². The van der Waals surface area contributed by atoms with E-state index in [-0.39, 0.29) is 29.7 Å². The van der Waals surface area contributed by atoms with Crippen molar-refractivity contribution in [3.05, 3.63) is 77.4 Å². The van der Waals surface area contributed by atoms with E-state index >= 15 is 0 Å². The van der Waals surface area contributed by atoms with E-state index in [0.717, 1.165) is 30.4 Å². The van der Waals surface area contributed by atoms with Gasteiger partial charge in [-0.25, -0.2) is 0 Å². The summed E-state index contributed by atoms with van der Waals surface area (Å²) in [5.41, 5.74) is 0.912. The van der Waals surface area contributed by atoms with Crippen molar-refractivity contribution in [3.8, 4) is 5.75 Å². The molecule has 7 heteroatoms. The van der Waals surface area contributed by atoms with Gasteiger partial charge in [0.1, 0.15) is 5.75 Å². The van der Waals surface area contributed by atoms with Crippen molar-refractivity contribution in [1.29, 1.82) is 0 Å². The molecular weight excluding hydrogens is 464 g/mol. The third-order valence-corrected chi connectivity index (χ3v) is 7.59. The molecule has 1 unspecified atom stereocenters. The van der Waals surface area contributed by atoms with E-state index in [2.05, 4.69) is 0 Å². The molecule has 0 saturated heterocycles. The number of hydrogen-bond donors (Lipinski definition) is 1. The molecule has 3 rings (SSSR count). The lowest BCUT2D eigenvalue weighted by Crippen LogP contribution is -2.37. The summed E-state index contributed by atoms with van der Waals surface area (Å²) >= 11 is 0. The van der Waals surface area contributed by atoms with Crippen molar-refractivity contribution in [2.24, 2.45) is 11.3 Å². The number of hydrogen-bond acceptors (Lipinski definition) is 6. The molecule has 0 bridgehead atoms. The summed E-state index contributed by atoms with van der Waals surface area (Å²) in [6.45, 7) is 3.10. The van der Waals surface area contributed by atoms with Crippen LogP contribution in [0.4, 0.5) is 0 Å². The highest BCUT2D eigenvalue weighted by molar-refractivity contribution is 7.87. The Hall–Kier alpha value is -3.03. The number of benzene rings is 2. The summed E-state index contributed by atoms with van der Waals surface area (Å²) in [6, 6.07) is 13.7. The van der Waals surface area contributed by atoms with Crippen LogP contribution in [0.5, 0.6) is 5.75 Å². The van der Waals surface area contributed by atoms with Crippen LogP contribution < -0.4 is 4.18 Å². The molecule has 1 fully saturated rings. The van der Waals surface area contributed by atoms with E-state index in [0.29, 0.717) is 17.9 Å². The molecule has 1 aliphatic carbocycles. The summed E-state index contributed by atoms with van der Waals surface area (Å²) in [5.74, 6) is -0.202. The smallest absolute Gasteiger partial charge is 0.308 e. The Morgan fingerprint density at radius 3 is 2.17 bits per heavy atom. The zero-order valence-corrected chi connectivity index (χ0v) is 21.0. The third kappa shape index (κ3) is 7.23. The lowest BCUT2D eigenvalue weighted by molar-refractivity contribution is -0.135. The van der Waals surface area contributed by atoms with Crippen LogP contribution in [0, 0.1) is 11.3 Å². The summed E-state index contributed by atoms with van der Waals surface area (Å²) in [6.07, 6.45) is 9.70. The van der Waals surface area contributed by atoms with Gasteiger partial charge >= 0.3 is 10.1 Å². The highest BCUT2D eigenvalue weighted by atomic mass is 32.2. The zero-order valence-electron chi connectivity index (χ0n) is 20.1. The molecule has 0 radical (unpaired) electrons. The summed E-state index contributed by atoms with van der Waals surface area (Å²) in [7, 11) is -3.66. The minimum absolute atomic E-state index is 0.0884. The van der Waals surface area contributed by atoms with Crippen molar-refractivity contribution in [2.45, 2.75) is 46.1 Å². The first-order valence-corrected chi connectivity index (χ1v) is 13.4. The predicted molar refractivity (Wildman–Crippen MR) is 137 cm³/mol. The maximum absolute atomic E-state index is 13.3. The molecule has 1 N–H and O–H groups in total. The van der Waals surface area contributed by atoms with Crippen molar-refractivity contribution < 1.29 is 27.3 Å². The van der Waals surface area contributed by atoms with Gasteiger partial charge in [-0.3, -0.25) is 9.59 Å². The minimum atomic E-state index is -3.66. The Bertz CT molecular complexity index is 1220. The third-order valence-electron chi connectivity index (χ3n) is 6.43. The molecular formula is C28H32O6S. The first-order valence-electron chi connectivity index (χ1n) is 11.8. The fraction of sp³-hybridized carbons (Fsp3) is 0.357. The average Bonchev–Trinajstić information content (AvgIpc) is 2.83. The van der Waals surface area contributed by atoms with Crippen LogP contribution in [0.15, 0.2) is 60.7 Å². The van der Waals surface area contributed by atoms with Crippen molar-refractivity contribution in [2.75, 3.05) is 5.75 Å². The number of allylic oxidation sites excluding steroid dienone is 2. The molecule has 0 heterocycles. The number of ketones is 2. The Morgan fingerprint density at radius 1 is 1.03 bits per heavy atom. The van der Waals surface area contributed by atoms with Gasteiger partial charge in [-0.1, -0.05) is 61.7 Å². The first-order chi connectivity index (χ1) is 16.6. The van der Waals surface area contributed by atoms with E-state index in [9.17, 15) is 23.1 Å². The second-order valence-corrected chi connectivity index (χ2v) is 11.0. The normalized spacial score (nSPS) is 16.2. The topological polar surface area (TPSA) is 97.7 Å². The molecule has 186 valence electrons. The van der Waals surface area contributed by atoms with Crippen molar-refractivity contribution in [3.63, 3.8) is 0 Å². The number of aliphatic hydroxyl groups excluding tert-OH is 1. The Kier molecular flexibility index (Phi) is 8.81. The largest absolute Gasteiger partial charge is 0.392 e. The molecule has 6 nitrogen and oxygen atoms in total. The Morgan fingerprint density at radius 2 is 1.63 bits per heavy atom. The van der Waals surface area contributed by atoms with Crippen LogP contribution >= 0.6 is 0 Å². The SMILES string of the molecule is CCS(=O)(=O)Oc1cccc(/C=C/C(=O)C(C)(CC2CCC2)C(=O)/C=C/c2cccc(CO)c2)c1. The number of carbonyl (C=O) groups excluding carboxylic acids is 2. The number of carbonyl (C=O) groups is 2. The fourth-order valence-corrected chi connectivity index (χ4v) is 4.49. The summed E-state index contributed by atoms with van der Waals surface area (Å²) < 4.78 is 28.5. The van der Waals surface area contributed by atoms with Crippen LogP contribution in [0.2, 0.25) is 0 Å². The van der Waals surface area contributed by atoms with Crippen molar-refractivity contribution >= 4 is 33.8 Å². The maximum atomic E-state index is 13.3. The van der Waals surface area contributed by atoms with Crippen LogP contribution in [-0.4, -0.2) is 30.8 Å².